The molecule has 0 saturated heterocycles. The van der Waals surface area contributed by atoms with Crippen LogP contribution in [0.1, 0.15) is 111 Å². The zero-order valence-electron chi connectivity index (χ0n) is 37.5. The molecule has 0 N–H and O–H groups in total. The molecule has 0 saturated carbocycles. The highest BCUT2D eigenvalue weighted by molar-refractivity contribution is 14.1. The van der Waals surface area contributed by atoms with Crippen molar-refractivity contribution in [2.75, 3.05) is 28.4 Å². The van der Waals surface area contributed by atoms with E-state index >= 15 is 0 Å². The van der Waals surface area contributed by atoms with Gasteiger partial charge in [-0.15, -0.1) is 22.7 Å². The number of halogens is 3. The Kier molecular flexibility index (Phi) is 16.7. The predicted molar refractivity (Wildman–Crippen MR) is 255 cm³/mol. The maximum absolute atomic E-state index is 13.5. The van der Waals surface area contributed by atoms with Gasteiger partial charge in [-0.3, -0.25) is 0 Å². The van der Waals surface area contributed by atoms with Crippen molar-refractivity contribution in [1.82, 2.24) is 0 Å². The van der Waals surface area contributed by atoms with Crippen LogP contribution in [0.3, 0.4) is 0 Å². The summed E-state index contributed by atoms with van der Waals surface area (Å²) in [5.41, 5.74) is 6.01. The fourth-order valence-corrected chi connectivity index (χ4v) is 8.46. The van der Waals surface area contributed by atoms with Crippen molar-refractivity contribution in [2.24, 2.45) is 0 Å². The molecule has 9 heteroatoms. The molecule has 0 amide bonds. The summed E-state index contributed by atoms with van der Waals surface area (Å²) in [6, 6.07) is 19.7. The third-order valence-electron chi connectivity index (χ3n) is 9.52. The third kappa shape index (κ3) is 12.8. The number of benzene rings is 4. The third-order valence-corrected chi connectivity index (χ3v) is 12.1. The first-order valence-corrected chi connectivity index (χ1v) is 22.1. The molecule has 0 aliphatic rings. The Hall–Kier alpha value is -3.41. The predicted octanol–water partition coefficient (Wildman–Crippen LogP) is 15.6. The lowest BCUT2D eigenvalue weighted by Gasteiger charge is -2.22. The van der Waals surface area contributed by atoms with E-state index in [4.69, 9.17) is 18.9 Å². The van der Waals surface area contributed by atoms with E-state index in [9.17, 15) is 8.78 Å². The molecule has 0 atom stereocenters. The lowest BCUT2D eigenvalue weighted by atomic mass is 9.84. The van der Waals surface area contributed by atoms with Gasteiger partial charge >= 0.3 is 0 Å². The molecule has 2 aromatic heterocycles. The van der Waals surface area contributed by atoms with Crippen LogP contribution in [0.4, 0.5) is 8.78 Å². The minimum absolute atomic E-state index is 0.101. The van der Waals surface area contributed by atoms with Crippen LogP contribution in [0.15, 0.2) is 71.4 Å². The molecule has 6 aromatic rings. The van der Waals surface area contributed by atoms with Gasteiger partial charge in [-0.1, -0.05) is 89.2 Å². The Labute approximate surface area is 368 Å². The first-order chi connectivity index (χ1) is 26.8. The number of fused-ring (bicyclic) bond motifs is 2. The molecule has 0 aliphatic carbocycles. The summed E-state index contributed by atoms with van der Waals surface area (Å²) in [6.07, 6.45) is 0. The van der Waals surface area contributed by atoms with E-state index < -0.39 is 0 Å². The van der Waals surface area contributed by atoms with Gasteiger partial charge in [0.05, 0.1) is 32.0 Å². The maximum Gasteiger partial charge on any atom is 0.165 e. The molecule has 0 bridgehead atoms. The molecular weight excluding hydrogens is 882 g/mol. The van der Waals surface area contributed by atoms with Gasteiger partial charge in [0.25, 0.3) is 0 Å². The Bertz CT molecular complexity index is 2280. The average Bonchev–Trinajstić information content (AvgIpc) is 3.79. The second-order valence-electron chi connectivity index (χ2n) is 18.3. The molecule has 6 rings (SSSR count). The number of aryl methyl sites for hydroxylation is 1. The van der Waals surface area contributed by atoms with Gasteiger partial charge in [-0.25, -0.2) is 8.78 Å². The van der Waals surface area contributed by atoms with Crippen LogP contribution in [-0.2, 0) is 21.7 Å². The van der Waals surface area contributed by atoms with Crippen molar-refractivity contribution in [1.29, 1.82) is 0 Å². The molecule has 0 radical (unpaired) electrons. The van der Waals surface area contributed by atoms with E-state index in [0.717, 1.165) is 22.6 Å². The van der Waals surface area contributed by atoms with Crippen LogP contribution in [-0.4, -0.2) is 28.4 Å². The van der Waals surface area contributed by atoms with Crippen molar-refractivity contribution in [3.05, 3.63) is 114 Å². The van der Waals surface area contributed by atoms with Crippen molar-refractivity contribution in [2.45, 2.75) is 112 Å². The standard InChI is InChI=1S/C13H16OS.C13H16S.C12H17FO2.C11H14FIO/c1-13(2,3)10-7-9-5-6-15-12(9)8-11(10)14-4;1-9-7-10-5-6-14-12(10)8-11(9)13(2,3)4;1-12(2,3)8-6-9(13)11(15-5)7-10(8)14-4;1-11(2,3)7-5-8(12)9(13)6-10(7)14-4/h5-8H,1-4H3;5-8H,1-4H3;6-7H,1-5H3;5-6H,1-4H3. The highest BCUT2D eigenvalue weighted by Crippen LogP contribution is 2.38. The summed E-state index contributed by atoms with van der Waals surface area (Å²) in [4.78, 5) is 0. The highest BCUT2D eigenvalue weighted by atomic mass is 127. The molecule has 2 heterocycles. The quantitative estimate of drug-likeness (QED) is 0.165. The van der Waals surface area contributed by atoms with E-state index in [1.165, 1.54) is 50.0 Å². The van der Waals surface area contributed by atoms with Crippen LogP contribution in [0, 0.1) is 22.1 Å². The molecule has 316 valence electrons. The van der Waals surface area contributed by atoms with E-state index in [1.54, 1.807) is 50.9 Å². The summed E-state index contributed by atoms with van der Waals surface area (Å²) in [6.45, 7) is 27.8. The number of thiophene rings is 2. The fourth-order valence-electron chi connectivity index (χ4n) is 6.41. The van der Waals surface area contributed by atoms with Gasteiger partial charge in [0.2, 0.25) is 0 Å². The van der Waals surface area contributed by atoms with Gasteiger partial charge in [0.15, 0.2) is 11.6 Å². The number of rotatable bonds is 4. The second-order valence-corrected chi connectivity index (χ2v) is 21.3. The van der Waals surface area contributed by atoms with Gasteiger partial charge in [0, 0.05) is 32.2 Å². The minimum Gasteiger partial charge on any atom is -0.496 e. The van der Waals surface area contributed by atoms with Crippen LogP contribution in [0.25, 0.3) is 20.2 Å². The van der Waals surface area contributed by atoms with Gasteiger partial charge < -0.3 is 18.9 Å². The average molecular weight is 945 g/mol. The lowest BCUT2D eigenvalue weighted by Crippen LogP contribution is -2.13. The molecule has 4 aromatic carbocycles. The number of methoxy groups -OCH3 is 4. The Morgan fingerprint density at radius 3 is 1.28 bits per heavy atom. The summed E-state index contributed by atoms with van der Waals surface area (Å²) in [7, 11) is 6.36. The highest BCUT2D eigenvalue weighted by Gasteiger charge is 2.23. The summed E-state index contributed by atoms with van der Waals surface area (Å²) in [5, 5.41) is 6.97. The summed E-state index contributed by atoms with van der Waals surface area (Å²) in [5.74, 6) is 2.07. The smallest absolute Gasteiger partial charge is 0.165 e. The van der Waals surface area contributed by atoms with Crippen molar-refractivity contribution in [3.8, 4) is 23.0 Å². The van der Waals surface area contributed by atoms with Crippen molar-refractivity contribution >= 4 is 65.4 Å². The summed E-state index contributed by atoms with van der Waals surface area (Å²) >= 11 is 5.55. The van der Waals surface area contributed by atoms with Gasteiger partial charge in [0.1, 0.15) is 23.1 Å². The monoisotopic (exact) mass is 944 g/mol. The van der Waals surface area contributed by atoms with Crippen LogP contribution >= 0.6 is 45.3 Å². The number of hydrogen-bond acceptors (Lipinski definition) is 6. The lowest BCUT2D eigenvalue weighted by molar-refractivity contribution is 0.365. The molecule has 0 spiro atoms. The van der Waals surface area contributed by atoms with Crippen molar-refractivity contribution < 1.29 is 27.7 Å². The molecule has 4 nitrogen and oxygen atoms in total. The normalized spacial score (nSPS) is 11.8. The van der Waals surface area contributed by atoms with Gasteiger partial charge in [-0.2, -0.15) is 0 Å². The van der Waals surface area contributed by atoms with Crippen molar-refractivity contribution in [3.63, 3.8) is 0 Å². The number of hydrogen-bond donors (Lipinski definition) is 0. The van der Waals surface area contributed by atoms with Crippen LogP contribution in [0.2, 0.25) is 0 Å². The summed E-state index contributed by atoms with van der Waals surface area (Å²) < 4.78 is 51.0. The van der Waals surface area contributed by atoms with E-state index in [0.29, 0.717) is 9.32 Å². The Morgan fingerprint density at radius 2 is 0.828 bits per heavy atom. The van der Waals surface area contributed by atoms with Crippen LogP contribution in [0.5, 0.6) is 23.0 Å². The fraction of sp³-hybridized carbons (Fsp3) is 0.429. The van der Waals surface area contributed by atoms with Gasteiger partial charge in [-0.05, 0) is 132 Å². The molecule has 0 aliphatic heterocycles. The second kappa shape index (κ2) is 19.8. The molecule has 0 fully saturated rings. The van der Waals surface area contributed by atoms with E-state index in [-0.39, 0.29) is 39.0 Å². The Morgan fingerprint density at radius 1 is 0.448 bits per heavy atom. The van der Waals surface area contributed by atoms with E-state index in [2.05, 4.69) is 95.6 Å². The van der Waals surface area contributed by atoms with E-state index in [1.807, 2.05) is 75.5 Å². The minimum atomic E-state index is -0.358. The zero-order chi connectivity index (χ0) is 44.0. The molecular formula is C49H63F2IO4S2. The number of ether oxygens (including phenoxy) is 4. The molecule has 58 heavy (non-hydrogen) atoms. The SMILES string of the molecule is COc1cc(I)c(F)cc1C(C)(C)C.COc1cc(OC)c(C(C)(C)C)cc1F.COc1cc2sccc2cc1C(C)(C)C.Cc1cc2ccsc2cc1C(C)(C)C. The first kappa shape index (κ1) is 49.0. The van der Waals surface area contributed by atoms with Crippen LogP contribution < -0.4 is 18.9 Å². The first-order valence-electron chi connectivity index (χ1n) is 19.3. The Balaban J connectivity index is 0.000000207. The largest absolute Gasteiger partial charge is 0.496 e. The topological polar surface area (TPSA) is 36.9 Å². The molecule has 0 unspecified atom stereocenters. The maximum atomic E-state index is 13.5. The zero-order valence-corrected chi connectivity index (χ0v) is 41.3.